The summed E-state index contributed by atoms with van der Waals surface area (Å²) in [7, 11) is 0. The number of hydrogen-bond acceptors (Lipinski definition) is 2. The van der Waals surface area contributed by atoms with Crippen molar-refractivity contribution in [3.63, 3.8) is 0 Å². The fourth-order valence-corrected chi connectivity index (χ4v) is 2.70. The van der Waals surface area contributed by atoms with Gasteiger partial charge in [0.1, 0.15) is 5.41 Å². The number of rotatable bonds is 3. The van der Waals surface area contributed by atoms with E-state index in [2.05, 4.69) is 0 Å². The molecule has 0 heterocycles. The molecule has 1 aromatic carbocycles. The largest absolute Gasteiger partial charge is 0.480 e. The molecule has 0 spiro atoms. The zero-order valence-electron chi connectivity index (χ0n) is 10.4. The van der Waals surface area contributed by atoms with Gasteiger partial charge in [-0.3, -0.25) is 9.59 Å². The van der Waals surface area contributed by atoms with E-state index in [1.165, 1.54) is 0 Å². The van der Waals surface area contributed by atoms with E-state index < -0.39 is 11.4 Å². The molecule has 1 N–H and O–H groups in total. The molecule has 96 valence electrons. The monoisotopic (exact) mass is 246 g/mol. The van der Waals surface area contributed by atoms with Crippen LogP contribution in [0, 0.1) is 5.41 Å². The van der Waals surface area contributed by atoms with E-state index in [-0.39, 0.29) is 5.78 Å². The molecule has 0 aliphatic heterocycles. The SMILES string of the molecule is O=C(O)C1(Cc2ccccc2)CCCCCC1=O. The van der Waals surface area contributed by atoms with Crippen molar-refractivity contribution < 1.29 is 14.7 Å². The highest BCUT2D eigenvalue weighted by Gasteiger charge is 2.45. The van der Waals surface area contributed by atoms with Crippen LogP contribution in [0.4, 0.5) is 0 Å². The fourth-order valence-electron chi connectivity index (χ4n) is 2.70. The molecule has 3 heteroatoms. The summed E-state index contributed by atoms with van der Waals surface area (Å²) in [6.45, 7) is 0. The summed E-state index contributed by atoms with van der Waals surface area (Å²) in [6, 6.07) is 9.44. The number of aliphatic carboxylic acids is 1. The molecule has 0 bridgehead atoms. The van der Waals surface area contributed by atoms with E-state index in [1.54, 1.807) is 0 Å². The molecule has 1 aromatic rings. The van der Waals surface area contributed by atoms with Crippen molar-refractivity contribution in [2.24, 2.45) is 5.41 Å². The summed E-state index contributed by atoms with van der Waals surface area (Å²) < 4.78 is 0. The summed E-state index contributed by atoms with van der Waals surface area (Å²) >= 11 is 0. The predicted octanol–water partition coefficient (Wildman–Crippen LogP) is 2.83. The molecule has 1 fully saturated rings. The second kappa shape index (κ2) is 5.34. The van der Waals surface area contributed by atoms with E-state index in [4.69, 9.17) is 0 Å². The van der Waals surface area contributed by atoms with Gasteiger partial charge in [-0.2, -0.15) is 0 Å². The van der Waals surface area contributed by atoms with Gasteiger partial charge in [-0.15, -0.1) is 0 Å². The van der Waals surface area contributed by atoms with Gasteiger partial charge in [0.05, 0.1) is 0 Å². The summed E-state index contributed by atoms with van der Waals surface area (Å²) in [4.78, 5) is 23.8. The van der Waals surface area contributed by atoms with Crippen molar-refractivity contribution in [1.82, 2.24) is 0 Å². The second-order valence-corrected chi connectivity index (χ2v) is 5.03. The van der Waals surface area contributed by atoms with Crippen molar-refractivity contribution >= 4 is 11.8 Å². The van der Waals surface area contributed by atoms with E-state index in [0.717, 1.165) is 24.8 Å². The Hall–Kier alpha value is -1.64. The third-order valence-electron chi connectivity index (χ3n) is 3.80. The minimum Gasteiger partial charge on any atom is -0.480 e. The van der Waals surface area contributed by atoms with Crippen LogP contribution < -0.4 is 0 Å². The Morgan fingerprint density at radius 2 is 1.89 bits per heavy atom. The molecule has 3 nitrogen and oxygen atoms in total. The zero-order valence-corrected chi connectivity index (χ0v) is 10.4. The molecule has 1 aliphatic carbocycles. The maximum atomic E-state index is 12.2. The molecule has 0 saturated heterocycles. The van der Waals surface area contributed by atoms with Crippen molar-refractivity contribution in [2.45, 2.75) is 38.5 Å². The van der Waals surface area contributed by atoms with Gasteiger partial charge in [0, 0.05) is 6.42 Å². The first-order chi connectivity index (χ1) is 8.65. The molecule has 0 radical (unpaired) electrons. The van der Waals surface area contributed by atoms with Gasteiger partial charge in [-0.1, -0.05) is 43.2 Å². The average molecular weight is 246 g/mol. The van der Waals surface area contributed by atoms with Crippen LogP contribution in [0.15, 0.2) is 30.3 Å². The van der Waals surface area contributed by atoms with Crippen LogP contribution in [0.1, 0.15) is 37.7 Å². The van der Waals surface area contributed by atoms with Crippen molar-refractivity contribution in [3.8, 4) is 0 Å². The first-order valence-corrected chi connectivity index (χ1v) is 6.46. The molecule has 0 aromatic heterocycles. The standard InChI is InChI=1S/C15H18O3/c16-13-9-5-2-6-10-15(13,14(17)18)11-12-7-3-1-4-8-12/h1,3-4,7-8H,2,5-6,9-11H2,(H,17,18). The lowest BCUT2D eigenvalue weighted by molar-refractivity contribution is -0.155. The van der Waals surface area contributed by atoms with Crippen LogP contribution in [-0.2, 0) is 16.0 Å². The number of ketones is 1. The number of carboxylic acid groups (broad SMARTS) is 1. The smallest absolute Gasteiger partial charge is 0.317 e. The van der Waals surface area contributed by atoms with E-state index in [9.17, 15) is 14.7 Å². The second-order valence-electron chi connectivity index (χ2n) is 5.03. The number of hydrogen-bond donors (Lipinski definition) is 1. The quantitative estimate of drug-likeness (QED) is 0.659. The van der Waals surface area contributed by atoms with Gasteiger partial charge in [0.25, 0.3) is 0 Å². The first-order valence-electron chi connectivity index (χ1n) is 6.46. The predicted molar refractivity (Wildman–Crippen MR) is 68.3 cm³/mol. The van der Waals surface area contributed by atoms with Crippen LogP contribution in [-0.4, -0.2) is 16.9 Å². The lowest BCUT2D eigenvalue weighted by Crippen LogP contribution is -2.40. The minimum atomic E-state index is -1.20. The Bertz CT molecular complexity index is 438. The zero-order chi connectivity index (χ0) is 13.0. The van der Waals surface area contributed by atoms with E-state index in [1.807, 2.05) is 30.3 Å². The van der Waals surface area contributed by atoms with Gasteiger partial charge < -0.3 is 5.11 Å². The minimum absolute atomic E-state index is 0.101. The molecule has 1 atom stereocenters. The lowest BCUT2D eigenvalue weighted by atomic mass is 9.74. The maximum Gasteiger partial charge on any atom is 0.317 e. The topological polar surface area (TPSA) is 54.4 Å². The number of Topliss-reactive ketones (excluding diaryl/α,β-unsaturated/α-hetero) is 1. The molecule has 0 amide bonds. The molecular formula is C15H18O3. The number of carboxylic acids is 1. The van der Waals surface area contributed by atoms with Crippen LogP contribution in [0.5, 0.6) is 0 Å². The summed E-state index contributed by atoms with van der Waals surface area (Å²) in [5.74, 6) is -1.06. The third-order valence-corrected chi connectivity index (χ3v) is 3.80. The van der Waals surface area contributed by atoms with Crippen LogP contribution in [0.25, 0.3) is 0 Å². The Labute approximate surface area is 107 Å². The lowest BCUT2D eigenvalue weighted by Gasteiger charge is -2.26. The molecule has 1 aliphatic rings. The molecule has 1 saturated carbocycles. The van der Waals surface area contributed by atoms with Crippen LogP contribution >= 0.6 is 0 Å². The van der Waals surface area contributed by atoms with Gasteiger partial charge in [-0.05, 0) is 24.8 Å². The fraction of sp³-hybridized carbons (Fsp3) is 0.467. The number of carbonyl (C=O) groups excluding carboxylic acids is 1. The molecule has 18 heavy (non-hydrogen) atoms. The van der Waals surface area contributed by atoms with E-state index in [0.29, 0.717) is 19.3 Å². The number of benzene rings is 1. The van der Waals surface area contributed by atoms with Crippen molar-refractivity contribution in [1.29, 1.82) is 0 Å². The van der Waals surface area contributed by atoms with Gasteiger partial charge >= 0.3 is 5.97 Å². The summed E-state index contributed by atoms with van der Waals surface area (Å²) in [6.07, 6.45) is 3.79. The number of carbonyl (C=O) groups is 2. The molecular weight excluding hydrogens is 228 g/mol. The average Bonchev–Trinajstić information content (AvgIpc) is 2.54. The Morgan fingerprint density at radius 3 is 2.56 bits per heavy atom. The first kappa shape index (κ1) is 12.8. The highest BCUT2D eigenvalue weighted by Crippen LogP contribution is 2.35. The highest BCUT2D eigenvalue weighted by molar-refractivity contribution is 6.03. The summed E-state index contributed by atoms with van der Waals surface area (Å²) in [5.41, 5.74) is -0.271. The normalized spacial score (nSPS) is 24.6. The van der Waals surface area contributed by atoms with Gasteiger partial charge in [-0.25, -0.2) is 0 Å². The van der Waals surface area contributed by atoms with Gasteiger partial charge in [0.15, 0.2) is 5.78 Å². The van der Waals surface area contributed by atoms with Gasteiger partial charge in [0.2, 0.25) is 0 Å². The Kier molecular flexibility index (Phi) is 3.80. The van der Waals surface area contributed by atoms with E-state index >= 15 is 0 Å². The van der Waals surface area contributed by atoms with Crippen molar-refractivity contribution in [2.75, 3.05) is 0 Å². The van der Waals surface area contributed by atoms with Crippen LogP contribution in [0.2, 0.25) is 0 Å². The molecule has 1 unspecified atom stereocenters. The molecule has 2 rings (SSSR count). The third kappa shape index (κ3) is 2.45. The highest BCUT2D eigenvalue weighted by atomic mass is 16.4. The Balaban J connectivity index is 2.31. The van der Waals surface area contributed by atoms with Crippen LogP contribution in [0.3, 0.4) is 0 Å². The summed E-state index contributed by atoms with van der Waals surface area (Å²) in [5, 5.41) is 9.52. The maximum absolute atomic E-state index is 12.2. The Morgan fingerprint density at radius 1 is 1.17 bits per heavy atom. The van der Waals surface area contributed by atoms with Crippen molar-refractivity contribution in [3.05, 3.63) is 35.9 Å².